The average molecular weight is 296 g/mol. The van der Waals surface area contributed by atoms with E-state index in [1.54, 1.807) is 4.90 Å². The molecule has 0 radical (unpaired) electrons. The number of hydrogen-bond acceptors (Lipinski definition) is 3. The smallest absolute Gasteiger partial charge is 0.253 e. The third-order valence-electron chi connectivity index (χ3n) is 3.83. The highest BCUT2D eigenvalue weighted by atomic mass is 19.1. The fourth-order valence-electron chi connectivity index (χ4n) is 2.52. The van der Waals surface area contributed by atoms with Crippen molar-refractivity contribution in [3.63, 3.8) is 0 Å². The standard InChI is InChI=1S/C15H18F2N2O2/c16-11-2-1-10(13(17)7-11)9-19(12-3-4-12)15(20)14-8-18-5-6-21-14/h1-2,7,12,14,18H,3-6,8-9H2. The molecule has 1 unspecified atom stereocenters. The second kappa shape index (κ2) is 6.07. The number of nitrogens with zero attached hydrogens (tertiary/aromatic N) is 1. The first-order valence-corrected chi connectivity index (χ1v) is 7.22. The first-order valence-electron chi connectivity index (χ1n) is 7.22. The van der Waals surface area contributed by atoms with Crippen LogP contribution in [0.5, 0.6) is 0 Å². The summed E-state index contributed by atoms with van der Waals surface area (Å²) in [6.07, 6.45) is 1.34. The van der Waals surface area contributed by atoms with Gasteiger partial charge in [-0.05, 0) is 18.9 Å². The molecule has 0 spiro atoms. The summed E-state index contributed by atoms with van der Waals surface area (Å²) in [5.41, 5.74) is 0.334. The van der Waals surface area contributed by atoms with Crippen molar-refractivity contribution < 1.29 is 18.3 Å². The fraction of sp³-hybridized carbons (Fsp3) is 0.533. The van der Waals surface area contributed by atoms with E-state index in [0.29, 0.717) is 18.7 Å². The molecule has 1 atom stereocenters. The Bertz CT molecular complexity index is 528. The number of hydrogen-bond donors (Lipinski definition) is 1. The Morgan fingerprint density at radius 1 is 1.38 bits per heavy atom. The van der Waals surface area contributed by atoms with Gasteiger partial charge in [-0.1, -0.05) is 6.07 Å². The number of carbonyl (C=O) groups is 1. The Labute approximate surface area is 122 Å². The van der Waals surface area contributed by atoms with E-state index in [0.717, 1.165) is 25.5 Å². The van der Waals surface area contributed by atoms with E-state index in [4.69, 9.17) is 4.74 Å². The van der Waals surface area contributed by atoms with Crippen LogP contribution in [0.2, 0.25) is 0 Å². The molecule has 1 saturated heterocycles. The zero-order chi connectivity index (χ0) is 14.8. The van der Waals surface area contributed by atoms with Gasteiger partial charge < -0.3 is 15.0 Å². The number of carbonyl (C=O) groups excluding carboxylic acids is 1. The van der Waals surface area contributed by atoms with Gasteiger partial charge in [0.15, 0.2) is 0 Å². The zero-order valence-electron chi connectivity index (χ0n) is 11.6. The highest BCUT2D eigenvalue weighted by molar-refractivity contribution is 5.82. The van der Waals surface area contributed by atoms with Crippen molar-refractivity contribution in [3.05, 3.63) is 35.4 Å². The van der Waals surface area contributed by atoms with E-state index in [1.165, 1.54) is 12.1 Å². The molecule has 1 N–H and O–H groups in total. The Morgan fingerprint density at radius 3 is 2.81 bits per heavy atom. The van der Waals surface area contributed by atoms with Crippen molar-refractivity contribution in [1.82, 2.24) is 10.2 Å². The number of nitrogens with one attached hydrogen (secondary N) is 1. The largest absolute Gasteiger partial charge is 0.366 e. The van der Waals surface area contributed by atoms with Gasteiger partial charge in [0, 0.05) is 37.3 Å². The zero-order valence-corrected chi connectivity index (χ0v) is 11.6. The van der Waals surface area contributed by atoms with Gasteiger partial charge in [0.25, 0.3) is 5.91 Å². The maximum Gasteiger partial charge on any atom is 0.253 e. The Balaban J connectivity index is 1.73. The van der Waals surface area contributed by atoms with Gasteiger partial charge >= 0.3 is 0 Å². The van der Waals surface area contributed by atoms with Gasteiger partial charge in [-0.25, -0.2) is 8.78 Å². The Morgan fingerprint density at radius 2 is 2.19 bits per heavy atom. The van der Waals surface area contributed by atoms with Gasteiger partial charge in [0.1, 0.15) is 17.7 Å². The van der Waals surface area contributed by atoms with Crippen LogP contribution in [-0.4, -0.2) is 42.6 Å². The van der Waals surface area contributed by atoms with E-state index in [1.807, 2.05) is 0 Å². The molecule has 0 aromatic heterocycles. The number of benzene rings is 1. The number of morpholine rings is 1. The maximum atomic E-state index is 13.8. The molecular formula is C15H18F2N2O2. The summed E-state index contributed by atoms with van der Waals surface area (Å²) in [5.74, 6) is -1.34. The Hall–Kier alpha value is -1.53. The SMILES string of the molecule is O=C(C1CNCCO1)N(Cc1ccc(F)cc1F)C1CC1. The first kappa shape index (κ1) is 14.4. The van der Waals surface area contributed by atoms with Crippen LogP contribution in [0, 0.1) is 11.6 Å². The molecule has 1 amide bonds. The normalized spacial score (nSPS) is 22.1. The van der Waals surface area contributed by atoms with Crippen LogP contribution in [0.4, 0.5) is 8.78 Å². The molecule has 3 rings (SSSR count). The molecule has 2 aliphatic rings. The molecule has 114 valence electrons. The van der Waals surface area contributed by atoms with Gasteiger partial charge in [0.05, 0.1) is 6.61 Å². The first-order chi connectivity index (χ1) is 10.1. The predicted molar refractivity (Wildman–Crippen MR) is 72.5 cm³/mol. The number of ether oxygens (including phenoxy) is 1. The summed E-state index contributed by atoms with van der Waals surface area (Å²) >= 11 is 0. The summed E-state index contributed by atoms with van der Waals surface area (Å²) in [6.45, 7) is 1.88. The molecule has 1 saturated carbocycles. The van der Waals surface area contributed by atoms with Crippen molar-refractivity contribution in [3.8, 4) is 0 Å². The third-order valence-corrected chi connectivity index (χ3v) is 3.83. The van der Waals surface area contributed by atoms with Crippen molar-refractivity contribution >= 4 is 5.91 Å². The second-order valence-electron chi connectivity index (χ2n) is 5.50. The van der Waals surface area contributed by atoms with Crippen molar-refractivity contribution in [2.24, 2.45) is 0 Å². The topological polar surface area (TPSA) is 41.6 Å². The minimum absolute atomic E-state index is 0.117. The lowest BCUT2D eigenvalue weighted by Gasteiger charge is -2.30. The molecule has 2 fully saturated rings. The lowest BCUT2D eigenvalue weighted by Crippen LogP contribution is -2.49. The van der Waals surface area contributed by atoms with E-state index in [9.17, 15) is 13.6 Å². The summed E-state index contributed by atoms with van der Waals surface area (Å²) in [5, 5.41) is 3.12. The summed E-state index contributed by atoms with van der Waals surface area (Å²) < 4.78 is 32.2. The monoisotopic (exact) mass is 296 g/mol. The molecule has 1 heterocycles. The molecule has 1 aromatic rings. The van der Waals surface area contributed by atoms with E-state index in [-0.39, 0.29) is 18.5 Å². The fourth-order valence-corrected chi connectivity index (χ4v) is 2.52. The summed E-state index contributed by atoms with van der Waals surface area (Å²) in [6, 6.07) is 3.61. The van der Waals surface area contributed by atoms with Gasteiger partial charge in [0.2, 0.25) is 0 Å². The van der Waals surface area contributed by atoms with Crippen LogP contribution in [-0.2, 0) is 16.1 Å². The molecule has 1 aliphatic heterocycles. The van der Waals surface area contributed by atoms with Crippen LogP contribution in [0.1, 0.15) is 18.4 Å². The molecule has 1 aliphatic carbocycles. The lowest BCUT2D eigenvalue weighted by molar-refractivity contribution is -0.146. The molecule has 4 nitrogen and oxygen atoms in total. The van der Waals surface area contributed by atoms with Gasteiger partial charge in [-0.15, -0.1) is 0 Å². The molecule has 21 heavy (non-hydrogen) atoms. The maximum absolute atomic E-state index is 13.8. The minimum atomic E-state index is -0.615. The molecule has 1 aromatic carbocycles. The van der Waals surface area contributed by atoms with Gasteiger partial charge in [-0.3, -0.25) is 4.79 Å². The van der Waals surface area contributed by atoms with Crippen LogP contribution < -0.4 is 5.32 Å². The van der Waals surface area contributed by atoms with E-state index >= 15 is 0 Å². The third kappa shape index (κ3) is 3.39. The van der Waals surface area contributed by atoms with E-state index in [2.05, 4.69) is 5.32 Å². The summed E-state index contributed by atoms with van der Waals surface area (Å²) in [7, 11) is 0. The number of rotatable bonds is 4. The van der Waals surface area contributed by atoms with Crippen LogP contribution >= 0.6 is 0 Å². The predicted octanol–water partition coefficient (Wildman–Crippen LogP) is 1.44. The summed E-state index contributed by atoms with van der Waals surface area (Å²) in [4.78, 5) is 14.2. The number of halogens is 2. The van der Waals surface area contributed by atoms with Gasteiger partial charge in [-0.2, -0.15) is 0 Å². The molecular weight excluding hydrogens is 278 g/mol. The minimum Gasteiger partial charge on any atom is -0.366 e. The van der Waals surface area contributed by atoms with E-state index < -0.39 is 17.7 Å². The average Bonchev–Trinajstić information content (AvgIpc) is 3.31. The van der Waals surface area contributed by atoms with Crippen molar-refractivity contribution in [2.75, 3.05) is 19.7 Å². The second-order valence-corrected chi connectivity index (χ2v) is 5.50. The van der Waals surface area contributed by atoms with Crippen molar-refractivity contribution in [1.29, 1.82) is 0 Å². The van der Waals surface area contributed by atoms with Crippen molar-refractivity contribution in [2.45, 2.75) is 31.5 Å². The van der Waals surface area contributed by atoms with Crippen LogP contribution in [0.3, 0.4) is 0 Å². The highest BCUT2D eigenvalue weighted by Gasteiger charge is 2.37. The van der Waals surface area contributed by atoms with Crippen LogP contribution in [0.15, 0.2) is 18.2 Å². The highest BCUT2D eigenvalue weighted by Crippen LogP contribution is 2.30. The Kier molecular flexibility index (Phi) is 4.17. The van der Waals surface area contributed by atoms with Crippen LogP contribution in [0.25, 0.3) is 0 Å². The molecule has 0 bridgehead atoms. The lowest BCUT2D eigenvalue weighted by atomic mass is 10.1. The quantitative estimate of drug-likeness (QED) is 0.914. The molecule has 6 heteroatoms. The number of amides is 1.